The first-order chi connectivity index (χ1) is 14.5. The Morgan fingerprint density at radius 1 is 1.10 bits per heavy atom. The number of ketones is 1. The van der Waals surface area contributed by atoms with Crippen molar-refractivity contribution in [2.45, 2.75) is 38.0 Å². The van der Waals surface area contributed by atoms with Crippen LogP contribution in [0, 0.1) is 5.82 Å². The van der Waals surface area contributed by atoms with Crippen molar-refractivity contribution in [1.82, 2.24) is 9.88 Å². The fourth-order valence-corrected chi connectivity index (χ4v) is 4.33. The number of rotatable bonds is 5. The Morgan fingerprint density at radius 2 is 1.83 bits per heavy atom. The van der Waals surface area contributed by atoms with Crippen LogP contribution in [0.4, 0.5) is 4.39 Å². The molecule has 1 amide bonds. The molecule has 1 saturated heterocycles. The summed E-state index contributed by atoms with van der Waals surface area (Å²) >= 11 is 0. The molecule has 3 aromatic rings. The van der Waals surface area contributed by atoms with Crippen LogP contribution < -0.4 is 0 Å². The highest BCUT2D eigenvalue weighted by Crippen LogP contribution is 2.33. The molecule has 4 rings (SSSR count). The summed E-state index contributed by atoms with van der Waals surface area (Å²) in [5, 5.41) is 0.829. The summed E-state index contributed by atoms with van der Waals surface area (Å²) in [5.41, 5.74) is 2.90. The predicted octanol–water partition coefficient (Wildman–Crippen LogP) is 4.84. The van der Waals surface area contributed by atoms with E-state index in [2.05, 4.69) is 4.98 Å². The van der Waals surface area contributed by atoms with Crippen LogP contribution in [0.15, 0.2) is 60.8 Å². The Morgan fingerprint density at radius 3 is 2.57 bits per heavy atom. The van der Waals surface area contributed by atoms with Crippen molar-refractivity contribution >= 4 is 22.6 Å². The van der Waals surface area contributed by atoms with Gasteiger partial charge in [-0.3, -0.25) is 14.6 Å². The zero-order valence-electron chi connectivity index (χ0n) is 17.1. The van der Waals surface area contributed by atoms with Crippen LogP contribution in [0.5, 0.6) is 0 Å². The summed E-state index contributed by atoms with van der Waals surface area (Å²) in [5.74, 6) is -0.761. The second kappa shape index (κ2) is 8.74. The maximum atomic E-state index is 13.7. The van der Waals surface area contributed by atoms with E-state index >= 15 is 0 Å². The maximum absolute atomic E-state index is 13.7. The monoisotopic (exact) mass is 404 g/mol. The van der Waals surface area contributed by atoms with E-state index < -0.39 is 0 Å². The van der Waals surface area contributed by atoms with Crippen LogP contribution in [0.25, 0.3) is 10.9 Å². The van der Waals surface area contributed by atoms with Gasteiger partial charge in [0.15, 0.2) is 0 Å². The number of nitrogens with zero attached hydrogens (tertiary/aromatic N) is 2. The number of hydrogen-bond acceptors (Lipinski definition) is 3. The highest BCUT2D eigenvalue weighted by molar-refractivity contribution is 6.36. The first-order valence-electron chi connectivity index (χ1n) is 10.4. The highest BCUT2D eigenvalue weighted by atomic mass is 19.1. The molecule has 1 aromatic heterocycles. The minimum absolute atomic E-state index is 0.0123. The fourth-order valence-electron chi connectivity index (χ4n) is 4.33. The van der Waals surface area contributed by atoms with Gasteiger partial charge < -0.3 is 4.90 Å². The van der Waals surface area contributed by atoms with Crippen LogP contribution in [0.3, 0.4) is 0 Å². The van der Waals surface area contributed by atoms with Gasteiger partial charge in [0.1, 0.15) is 5.82 Å². The molecule has 1 unspecified atom stereocenters. The second-order valence-electron chi connectivity index (χ2n) is 8.07. The standard InChI is InChI=1S/C25H25FN2O2/c1-17(18-5-3-2-4-6-18)15-24(29)25(30)28-13-10-19(11-14-28)21-9-12-27-23-8-7-20(26)16-22(21)23/h2-9,12,16-17,19H,10-11,13-15H2,1H3. The van der Waals surface area contributed by atoms with E-state index in [1.807, 2.05) is 43.3 Å². The molecule has 0 saturated carbocycles. The number of aromatic nitrogens is 1. The summed E-state index contributed by atoms with van der Waals surface area (Å²) in [4.78, 5) is 31.2. The minimum Gasteiger partial charge on any atom is -0.336 e. The van der Waals surface area contributed by atoms with Gasteiger partial charge in [-0.15, -0.1) is 0 Å². The molecule has 4 nitrogen and oxygen atoms in total. The molecule has 0 aliphatic carbocycles. The number of amides is 1. The number of piperidine rings is 1. The number of carbonyl (C=O) groups excluding carboxylic acids is 2. The van der Waals surface area contributed by atoms with E-state index in [0.29, 0.717) is 13.1 Å². The summed E-state index contributed by atoms with van der Waals surface area (Å²) in [6, 6.07) is 16.4. The zero-order valence-corrected chi connectivity index (χ0v) is 17.1. The number of Topliss-reactive ketones (excluding diaryl/α,β-unsaturated/α-hetero) is 1. The van der Waals surface area contributed by atoms with Gasteiger partial charge in [-0.05, 0) is 60.1 Å². The molecule has 154 valence electrons. The van der Waals surface area contributed by atoms with Gasteiger partial charge in [-0.2, -0.15) is 0 Å². The molecule has 0 bridgehead atoms. The fraction of sp³-hybridized carbons (Fsp3) is 0.320. The highest BCUT2D eigenvalue weighted by Gasteiger charge is 2.29. The average molecular weight is 404 g/mol. The molecule has 1 aliphatic rings. The summed E-state index contributed by atoms with van der Waals surface area (Å²) in [6.07, 6.45) is 3.48. The maximum Gasteiger partial charge on any atom is 0.289 e. The van der Waals surface area contributed by atoms with Crippen molar-refractivity contribution in [3.63, 3.8) is 0 Å². The molecule has 1 fully saturated rings. The van der Waals surface area contributed by atoms with E-state index in [1.165, 1.54) is 12.1 Å². The summed E-state index contributed by atoms with van der Waals surface area (Å²) in [6.45, 7) is 3.04. The van der Waals surface area contributed by atoms with Crippen molar-refractivity contribution in [3.8, 4) is 0 Å². The Labute approximate surface area is 175 Å². The molecule has 0 radical (unpaired) electrons. The molecule has 5 heteroatoms. The molecule has 30 heavy (non-hydrogen) atoms. The van der Waals surface area contributed by atoms with Gasteiger partial charge in [0.25, 0.3) is 5.91 Å². The number of halogens is 1. The first kappa shape index (κ1) is 20.2. The Balaban J connectivity index is 1.39. The van der Waals surface area contributed by atoms with Crippen LogP contribution in [-0.2, 0) is 9.59 Å². The molecule has 1 atom stereocenters. The Hall–Kier alpha value is -3.08. The van der Waals surface area contributed by atoms with Crippen molar-refractivity contribution in [2.24, 2.45) is 0 Å². The van der Waals surface area contributed by atoms with Crippen molar-refractivity contribution in [1.29, 1.82) is 0 Å². The van der Waals surface area contributed by atoms with E-state index in [0.717, 1.165) is 34.9 Å². The topological polar surface area (TPSA) is 50.3 Å². The lowest BCUT2D eigenvalue weighted by atomic mass is 9.87. The summed E-state index contributed by atoms with van der Waals surface area (Å²) in [7, 11) is 0. The smallest absolute Gasteiger partial charge is 0.289 e. The van der Waals surface area contributed by atoms with Crippen LogP contribution in [-0.4, -0.2) is 34.7 Å². The first-order valence-corrected chi connectivity index (χ1v) is 10.4. The van der Waals surface area contributed by atoms with Gasteiger partial charge in [-0.25, -0.2) is 4.39 Å². The van der Waals surface area contributed by atoms with Gasteiger partial charge in [0.05, 0.1) is 5.52 Å². The number of carbonyl (C=O) groups is 2. The second-order valence-corrected chi connectivity index (χ2v) is 8.07. The number of hydrogen-bond donors (Lipinski definition) is 0. The van der Waals surface area contributed by atoms with Gasteiger partial charge in [0, 0.05) is 31.1 Å². The van der Waals surface area contributed by atoms with Gasteiger partial charge in [-0.1, -0.05) is 37.3 Å². The van der Waals surface area contributed by atoms with Gasteiger partial charge >= 0.3 is 0 Å². The van der Waals surface area contributed by atoms with Crippen LogP contribution in [0.2, 0.25) is 0 Å². The van der Waals surface area contributed by atoms with E-state index in [9.17, 15) is 14.0 Å². The Kier molecular flexibility index (Phi) is 5.88. The predicted molar refractivity (Wildman–Crippen MR) is 115 cm³/mol. The lowest BCUT2D eigenvalue weighted by molar-refractivity contribution is -0.145. The molecular weight excluding hydrogens is 379 g/mol. The number of pyridine rings is 1. The van der Waals surface area contributed by atoms with Crippen molar-refractivity contribution in [3.05, 3.63) is 77.7 Å². The third kappa shape index (κ3) is 4.25. The Bertz CT molecular complexity index is 1060. The van der Waals surface area contributed by atoms with Gasteiger partial charge in [0.2, 0.25) is 5.78 Å². The molecule has 0 spiro atoms. The average Bonchev–Trinajstić information content (AvgIpc) is 2.78. The normalized spacial score (nSPS) is 15.9. The third-order valence-electron chi connectivity index (χ3n) is 6.06. The van der Waals surface area contributed by atoms with E-state index in [-0.39, 0.29) is 35.8 Å². The van der Waals surface area contributed by atoms with Crippen LogP contribution in [0.1, 0.15) is 49.1 Å². The van der Waals surface area contributed by atoms with E-state index in [4.69, 9.17) is 0 Å². The largest absolute Gasteiger partial charge is 0.336 e. The quantitative estimate of drug-likeness (QED) is 0.572. The van der Waals surface area contributed by atoms with Crippen molar-refractivity contribution in [2.75, 3.05) is 13.1 Å². The van der Waals surface area contributed by atoms with E-state index in [1.54, 1.807) is 17.2 Å². The number of likely N-dealkylation sites (tertiary alicyclic amines) is 1. The molecule has 0 N–H and O–H groups in total. The molecule has 1 aliphatic heterocycles. The molecule has 2 heterocycles. The van der Waals surface area contributed by atoms with Crippen molar-refractivity contribution < 1.29 is 14.0 Å². The zero-order chi connectivity index (χ0) is 21.1. The third-order valence-corrected chi connectivity index (χ3v) is 6.06. The lowest BCUT2D eigenvalue weighted by Crippen LogP contribution is -2.42. The lowest BCUT2D eigenvalue weighted by Gasteiger charge is -2.32. The number of benzene rings is 2. The molecule has 2 aromatic carbocycles. The van der Waals surface area contributed by atoms with Crippen LogP contribution >= 0.6 is 0 Å². The number of fused-ring (bicyclic) bond motifs is 1. The SMILES string of the molecule is CC(CC(=O)C(=O)N1CCC(c2ccnc3ccc(F)cc23)CC1)c1ccccc1. The summed E-state index contributed by atoms with van der Waals surface area (Å²) < 4.78 is 13.7. The minimum atomic E-state index is -0.387. The molecular formula is C25H25FN2O2.